The van der Waals surface area contributed by atoms with Crippen LogP contribution in [0.2, 0.25) is 0 Å². The number of aliphatic carboxylic acids is 1. The average molecular weight is 330 g/mol. The zero-order valence-electron chi connectivity index (χ0n) is 14.2. The van der Waals surface area contributed by atoms with Gasteiger partial charge in [-0.25, -0.2) is 4.79 Å². The van der Waals surface area contributed by atoms with E-state index in [1.165, 1.54) is 0 Å². The molecule has 0 aliphatic carbocycles. The molecule has 0 rings (SSSR count). The van der Waals surface area contributed by atoms with Crippen molar-refractivity contribution >= 4 is 11.9 Å². The summed E-state index contributed by atoms with van der Waals surface area (Å²) in [5, 5.41) is 14.7. The van der Waals surface area contributed by atoms with Gasteiger partial charge < -0.3 is 19.9 Å². The first kappa shape index (κ1) is 21.2. The highest BCUT2D eigenvalue weighted by Crippen LogP contribution is 2.17. The molecule has 23 heavy (non-hydrogen) atoms. The number of amides is 1. The molecule has 0 unspecified atom stereocenters. The third kappa shape index (κ3) is 12.4. The lowest BCUT2D eigenvalue weighted by atomic mass is 10.0. The zero-order chi connectivity index (χ0) is 17.9. The van der Waals surface area contributed by atoms with Crippen LogP contribution in [0.25, 0.3) is 10.4 Å². The number of rotatable bonds is 12. The van der Waals surface area contributed by atoms with Crippen molar-refractivity contribution in [1.82, 2.24) is 5.32 Å². The summed E-state index contributed by atoms with van der Waals surface area (Å²) < 4.78 is 10.5. The molecule has 9 nitrogen and oxygen atoms in total. The Bertz CT molecular complexity index is 444. The summed E-state index contributed by atoms with van der Waals surface area (Å²) in [6.45, 7) is 7.49. The number of nitrogens with zero attached hydrogens (tertiary/aromatic N) is 3. The molecule has 0 aliphatic rings. The Morgan fingerprint density at radius 2 is 1.87 bits per heavy atom. The smallest absolute Gasteiger partial charge is 0.329 e. The van der Waals surface area contributed by atoms with Crippen molar-refractivity contribution in [3.63, 3.8) is 0 Å². The van der Waals surface area contributed by atoms with E-state index in [2.05, 4.69) is 15.3 Å². The van der Waals surface area contributed by atoms with Crippen LogP contribution in [0.4, 0.5) is 0 Å². The van der Waals surface area contributed by atoms with Crippen molar-refractivity contribution in [3.05, 3.63) is 10.4 Å². The Morgan fingerprint density at radius 3 is 2.43 bits per heavy atom. The highest BCUT2D eigenvalue weighted by Gasteiger charge is 2.23. The largest absolute Gasteiger partial charge is 0.480 e. The van der Waals surface area contributed by atoms with Gasteiger partial charge in [0.2, 0.25) is 5.91 Å². The number of ether oxygens (including phenoxy) is 2. The lowest BCUT2D eigenvalue weighted by molar-refractivity contribution is -0.143. The van der Waals surface area contributed by atoms with Crippen LogP contribution < -0.4 is 5.32 Å². The van der Waals surface area contributed by atoms with Gasteiger partial charge in [-0.3, -0.25) is 4.79 Å². The topological polar surface area (TPSA) is 134 Å². The van der Waals surface area contributed by atoms with Gasteiger partial charge in [0.15, 0.2) is 0 Å². The molecule has 0 saturated carbocycles. The second kappa shape index (κ2) is 10.0. The maximum absolute atomic E-state index is 11.7. The first-order valence-electron chi connectivity index (χ1n) is 7.33. The quantitative estimate of drug-likeness (QED) is 0.320. The second-order valence-corrected chi connectivity index (χ2v) is 6.38. The molecule has 0 heterocycles. The minimum absolute atomic E-state index is 0.297. The SMILES string of the molecule is CC(C)(CCOC(C)(C)CCN=[N+]=[N-])NC(=O)COCC(=O)O. The molecule has 0 aromatic rings. The lowest BCUT2D eigenvalue weighted by Gasteiger charge is -2.30. The zero-order valence-corrected chi connectivity index (χ0v) is 14.2. The molecule has 132 valence electrons. The summed E-state index contributed by atoms with van der Waals surface area (Å²) in [6, 6.07) is 0. The van der Waals surface area contributed by atoms with Crippen molar-refractivity contribution in [2.45, 2.75) is 51.7 Å². The fraction of sp³-hybridized carbons (Fsp3) is 0.857. The molecule has 9 heteroatoms. The Balaban J connectivity index is 4.08. The van der Waals surface area contributed by atoms with E-state index >= 15 is 0 Å². The highest BCUT2D eigenvalue weighted by atomic mass is 16.5. The first-order valence-corrected chi connectivity index (χ1v) is 7.33. The molecule has 0 spiro atoms. The third-order valence-corrected chi connectivity index (χ3v) is 3.03. The van der Waals surface area contributed by atoms with E-state index in [0.717, 1.165) is 0 Å². The summed E-state index contributed by atoms with van der Waals surface area (Å²) in [6.07, 6.45) is 1.18. The third-order valence-electron chi connectivity index (χ3n) is 3.03. The molecule has 1 amide bonds. The molecule has 0 radical (unpaired) electrons. The highest BCUT2D eigenvalue weighted by molar-refractivity contribution is 5.78. The van der Waals surface area contributed by atoms with E-state index in [1.54, 1.807) is 0 Å². The maximum atomic E-state index is 11.7. The number of carboxylic acid groups (broad SMARTS) is 1. The van der Waals surface area contributed by atoms with Gasteiger partial charge >= 0.3 is 5.97 Å². The van der Waals surface area contributed by atoms with Crippen LogP contribution in [0.1, 0.15) is 40.5 Å². The fourth-order valence-corrected chi connectivity index (χ4v) is 1.73. The molecule has 0 atom stereocenters. The Labute approximate surface area is 136 Å². The van der Waals surface area contributed by atoms with Gasteiger partial charge in [-0.1, -0.05) is 5.11 Å². The number of hydrogen-bond acceptors (Lipinski definition) is 5. The van der Waals surface area contributed by atoms with E-state index in [-0.39, 0.29) is 12.5 Å². The lowest BCUT2D eigenvalue weighted by Crippen LogP contribution is -2.46. The molecular weight excluding hydrogens is 304 g/mol. The van der Waals surface area contributed by atoms with Crippen LogP contribution in [-0.4, -0.2) is 54.5 Å². The van der Waals surface area contributed by atoms with E-state index in [4.69, 9.17) is 20.1 Å². The summed E-state index contributed by atoms with van der Waals surface area (Å²) in [7, 11) is 0. The number of carbonyl (C=O) groups excluding carboxylic acids is 1. The second-order valence-electron chi connectivity index (χ2n) is 6.38. The molecule has 0 bridgehead atoms. The Hall–Kier alpha value is -1.83. The fourth-order valence-electron chi connectivity index (χ4n) is 1.73. The maximum Gasteiger partial charge on any atom is 0.329 e. The van der Waals surface area contributed by atoms with Gasteiger partial charge in [-0.05, 0) is 46.1 Å². The Kier molecular flexibility index (Phi) is 9.24. The Morgan fingerprint density at radius 1 is 1.22 bits per heavy atom. The number of hydrogen-bond donors (Lipinski definition) is 2. The molecule has 0 saturated heterocycles. The van der Waals surface area contributed by atoms with Crippen molar-refractivity contribution < 1.29 is 24.2 Å². The van der Waals surface area contributed by atoms with Crippen LogP contribution in [-0.2, 0) is 19.1 Å². The van der Waals surface area contributed by atoms with Gasteiger partial charge in [-0.15, -0.1) is 0 Å². The van der Waals surface area contributed by atoms with Crippen LogP contribution >= 0.6 is 0 Å². The summed E-state index contributed by atoms with van der Waals surface area (Å²) in [5.41, 5.74) is 7.33. The van der Waals surface area contributed by atoms with E-state index in [1.807, 2.05) is 27.7 Å². The normalized spacial score (nSPS) is 11.7. The van der Waals surface area contributed by atoms with Crippen molar-refractivity contribution in [2.24, 2.45) is 5.11 Å². The van der Waals surface area contributed by atoms with Gasteiger partial charge in [0.25, 0.3) is 0 Å². The number of carboxylic acids is 1. The summed E-state index contributed by atoms with van der Waals surface area (Å²) in [4.78, 5) is 24.7. The predicted molar refractivity (Wildman–Crippen MR) is 84.0 cm³/mol. The molecule has 2 N–H and O–H groups in total. The van der Waals surface area contributed by atoms with E-state index in [0.29, 0.717) is 26.0 Å². The first-order chi connectivity index (χ1) is 10.6. The van der Waals surface area contributed by atoms with Gasteiger partial charge in [0, 0.05) is 23.6 Å². The molecule has 0 aliphatic heterocycles. The number of nitrogens with one attached hydrogen (secondary N) is 1. The van der Waals surface area contributed by atoms with Crippen LogP contribution in [0, 0.1) is 0 Å². The predicted octanol–water partition coefficient (Wildman–Crippen LogP) is 1.87. The summed E-state index contributed by atoms with van der Waals surface area (Å²) in [5.74, 6) is -1.49. The van der Waals surface area contributed by atoms with Crippen LogP contribution in [0.5, 0.6) is 0 Å². The van der Waals surface area contributed by atoms with Crippen molar-refractivity contribution in [3.8, 4) is 0 Å². The minimum atomic E-state index is -1.12. The molecule has 0 aromatic heterocycles. The van der Waals surface area contributed by atoms with E-state index in [9.17, 15) is 9.59 Å². The molecule has 0 aromatic carbocycles. The average Bonchev–Trinajstić information content (AvgIpc) is 2.36. The van der Waals surface area contributed by atoms with Crippen LogP contribution in [0.3, 0.4) is 0 Å². The van der Waals surface area contributed by atoms with Gasteiger partial charge in [0.1, 0.15) is 13.2 Å². The van der Waals surface area contributed by atoms with Gasteiger partial charge in [-0.2, -0.15) is 0 Å². The summed E-state index contributed by atoms with van der Waals surface area (Å²) >= 11 is 0. The van der Waals surface area contributed by atoms with E-state index < -0.39 is 23.7 Å². The number of azide groups is 1. The van der Waals surface area contributed by atoms with Crippen LogP contribution in [0.15, 0.2) is 5.11 Å². The minimum Gasteiger partial charge on any atom is -0.480 e. The monoisotopic (exact) mass is 330 g/mol. The molecule has 0 fully saturated rings. The molecular formula is C14H26N4O5. The van der Waals surface area contributed by atoms with Gasteiger partial charge in [0.05, 0.1) is 5.60 Å². The van der Waals surface area contributed by atoms with Crippen molar-refractivity contribution in [2.75, 3.05) is 26.4 Å². The standard InChI is InChI=1S/C14H26N4O5/c1-13(2,17-11(19)9-22-10-12(20)21)6-8-23-14(3,4)5-7-16-18-15/h5-10H2,1-4H3,(H,17,19)(H,20,21). The number of carbonyl (C=O) groups is 2. The van der Waals surface area contributed by atoms with Crippen molar-refractivity contribution in [1.29, 1.82) is 0 Å².